The number of fused-ring (bicyclic) bond motifs is 1. The van der Waals surface area contributed by atoms with Crippen LogP contribution in [-0.4, -0.2) is 27.3 Å². The Labute approximate surface area is 262 Å². The quantitative estimate of drug-likeness (QED) is 0.190. The van der Waals surface area contributed by atoms with Gasteiger partial charge < -0.3 is 4.90 Å². The van der Waals surface area contributed by atoms with Gasteiger partial charge in [-0.15, -0.1) is 0 Å². The fourth-order valence-electron chi connectivity index (χ4n) is 5.76. The highest BCUT2D eigenvalue weighted by Gasteiger charge is 2.31. The number of urea groups is 1. The lowest BCUT2D eigenvalue weighted by Gasteiger charge is -2.30. The van der Waals surface area contributed by atoms with Crippen molar-refractivity contribution in [2.24, 2.45) is 0 Å². The van der Waals surface area contributed by atoms with Crippen LogP contribution < -0.4 is 5.32 Å². The van der Waals surface area contributed by atoms with Crippen LogP contribution in [0.3, 0.4) is 0 Å². The third-order valence-electron chi connectivity index (χ3n) is 8.16. The molecule has 5 rings (SSSR count). The highest BCUT2D eigenvalue weighted by molar-refractivity contribution is 5.90. The number of hydrogen-bond acceptors (Lipinski definition) is 2. The van der Waals surface area contributed by atoms with Crippen molar-refractivity contribution in [3.63, 3.8) is 0 Å². The number of aromatic nitrogens is 2. The molecule has 0 spiro atoms. The zero-order valence-electron chi connectivity index (χ0n) is 26.3. The molecule has 2 amide bonds. The molecule has 0 saturated heterocycles. The van der Waals surface area contributed by atoms with Crippen LogP contribution >= 0.6 is 0 Å². The molecule has 0 aliphatic carbocycles. The molecule has 0 bridgehead atoms. The normalized spacial score (nSPS) is 12.7. The van der Waals surface area contributed by atoms with Crippen LogP contribution in [0.15, 0.2) is 97.1 Å². The first-order valence-electron chi connectivity index (χ1n) is 15.2. The highest BCUT2D eigenvalue weighted by atomic mass is 19.4. The fraction of sp³-hybridized carbons (Fsp3) is 0.297. The van der Waals surface area contributed by atoms with E-state index in [0.717, 1.165) is 39.3 Å². The summed E-state index contributed by atoms with van der Waals surface area (Å²) in [7, 11) is 0. The third kappa shape index (κ3) is 7.22. The van der Waals surface area contributed by atoms with E-state index in [1.54, 1.807) is 15.6 Å². The average Bonchev–Trinajstić information content (AvgIpc) is 3.35. The molecule has 5 nitrogen and oxygen atoms in total. The first kappa shape index (κ1) is 31.8. The zero-order valence-corrected chi connectivity index (χ0v) is 26.3. The molecule has 0 radical (unpaired) electrons. The number of benzene rings is 4. The van der Waals surface area contributed by atoms with E-state index in [1.807, 2.05) is 80.6 Å². The molecule has 1 aromatic heterocycles. The van der Waals surface area contributed by atoms with E-state index in [1.165, 1.54) is 12.1 Å². The molecule has 0 fully saturated rings. The average molecular weight is 613 g/mol. The number of rotatable bonds is 8. The number of halogens is 3. The van der Waals surface area contributed by atoms with E-state index in [-0.39, 0.29) is 17.5 Å². The van der Waals surface area contributed by atoms with E-state index >= 15 is 0 Å². The minimum absolute atomic E-state index is 0.257. The first-order chi connectivity index (χ1) is 21.3. The van der Waals surface area contributed by atoms with Gasteiger partial charge in [0.15, 0.2) is 0 Å². The van der Waals surface area contributed by atoms with E-state index in [2.05, 4.69) is 32.2 Å². The molecule has 0 saturated carbocycles. The monoisotopic (exact) mass is 612 g/mol. The second kappa shape index (κ2) is 12.8. The molecular weight excluding hydrogens is 573 g/mol. The van der Waals surface area contributed by atoms with Crippen molar-refractivity contribution < 1.29 is 18.0 Å². The number of nitrogens with one attached hydrogen (secondary N) is 1. The van der Waals surface area contributed by atoms with Gasteiger partial charge in [-0.05, 0) is 72.9 Å². The van der Waals surface area contributed by atoms with Gasteiger partial charge in [0.05, 0.1) is 23.0 Å². The standard InChI is InChI=1S/C37H39F3N4O/c1-25-33(36(3,4)5)42-44(32-18-7-6-8-19-32)34(25)41-35(45)43(22-12-14-27-13-11-17-31(23-27)37(38,39)40)26(2)29-21-20-28-15-9-10-16-30(28)24-29/h6-11,13,15-21,23-24,26H,12,14,22H2,1-5H3,(H,41,45)/t26-/m1/s1. The molecular formula is C37H39F3N4O. The van der Waals surface area contributed by atoms with E-state index in [4.69, 9.17) is 5.10 Å². The molecule has 0 aliphatic rings. The van der Waals surface area contributed by atoms with Gasteiger partial charge in [0.25, 0.3) is 0 Å². The fourth-order valence-corrected chi connectivity index (χ4v) is 5.76. The van der Waals surface area contributed by atoms with Crippen LogP contribution in [0.5, 0.6) is 0 Å². The summed E-state index contributed by atoms with van der Waals surface area (Å²) in [5, 5.41) is 10.3. The van der Waals surface area contributed by atoms with Gasteiger partial charge in [-0.2, -0.15) is 18.3 Å². The minimum Gasteiger partial charge on any atom is -0.318 e. The molecule has 234 valence electrons. The largest absolute Gasteiger partial charge is 0.416 e. The predicted molar refractivity (Wildman–Crippen MR) is 175 cm³/mol. The molecule has 4 aromatic carbocycles. The molecule has 45 heavy (non-hydrogen) atoms. The number of amides is 2. The summed E-state index contributed by atoms with van der Waals surface area (Å²) in [6, 6.07) is 28.7. The van der Waals surface area contributed by atoms with Gasteiger partial charge in [0.1, 0.15) is 5.82 Å². The number of aryl methyl sites for hydroxylation is 1. The van der Waals surface area contributed by atoms with Crippen molar-refractivity contribution >= 4 is 22.6 Å². The summed E-state index contributed by atoms with van der Waals surface area (Å²) < 4.78 is 41.8. The zero-order chi connectivity index (χ0) is 32.4. The number of hydrogen-bond donors (Lipinski definition) is 1. The minimum atomic E-state index is -4.40. The van der Waals surface area contributed by atoms with Crippen molar-refractivity contribution in [3.8, 4) is 5.69 Å². The van der Waals surface area contributed by atoms with Crippen LogP contribution in [0.4, 0.5) is 23.8 Å². The maximum Gasteiger partial charge on any atom is 0.416 e. The lowest BCUT2D eigenvalue weighted by Crippen LogP contribution is -2.38. The van der Waals surface area contributed by atoms with Crippen molar-refractivity contribution in [1.82, 2.24) is 14.7 Å². The Bertz CT molecular complexity index is 1790. The summed E-state index contributed by atoms with van der Waals surface area (Å²) in [6.07, 6.45) is -3.53. The SMILES string of the molecule is Cc1c(C(C)(C)C)nn(-c2ccccc2)c1NC(=O)N(CCCc1cccc(C(F)(F)F)c1)[C@H](C)c1ccc2ccccc2c1. The van der Waals surface area contributed by atoms with Crippen LogP contribution in [-0.2, 0) is 18.0 Å². The molecule has 5 aromatic rings. The van der Waals surface area contributed by atoms with Crippen molar-refractivity contribution in [2.45, 2.75) is 65.1 Å². The lowest BCUT2D eigenvalue weighted by atomic mass is 9.90. The smallest absolute Gasteiger partial charge is 0.318 e. The maximum atomic E-state index is 14.2. The van der Waals surface area contributed by atoms with Crippen molar-refractivity contribution in [2.75, 3.05) is 11.9 Å². The van der Waals surface area contributed by atoms with E-state index in [9.17, 15) is 18.0 Å². The van der Waals surface area contributed by atoms with Gasteiger partial charge in [-0.1, -0.05) is 93.6 Å². The number of carbonyl (C=O) groups excluding carboxylic acids is 1. The summed E-state index contributed by atoms with van der Waals surface area (Å²) >= 11 is 0. The Hall–Kier alpha value is -4.59. The Morgan fingerprint density at radius 1 is 0.889 bits per heavy atom. The molecule has 0 aliphatic heterocycles. The Morgan fingerprint density at radius 2 is 1.58 bits per heavy atom. The predicted octanol–water partition coefficient (Wildman–Crippen LogP) is 9.88. The third-order valence-corrected chi connectivity index (χ3v) is 8.16. The van der Waals surface area contributed by atoms with Crippen LogP contribution in [0.2, 0.25) is 0 Å². The summed E-state index contributed by atoms with van der Waals surface area (Å²) in [6.45, 7) is 10.5. The molecule has 1 atom stereocenters. The topological polar surface area (TPSA) is 50.2 Å². The van der Waals surface area contributed by atoms with Gasteiger partial charge >= 0.3 is 12.2 Å². The van der Waals surface area contributed by atoms with Gasteiger partial charge in [0.2, 0.25) is 0 Å². The summed E-state index contributed by atoms with van der Waals surface area (Å²) in [5.41, 5.74) is 3.20. The molecule has 8 heteroatoms. The van der Waals surface area contributed by atoms with Crippen LogP contribution in [0.25, 0.3) is 16.5 Å². The van der Waals surface area contributed by atoms with Crippen molar-refractivity contribution in [3.05, 3.63) is 125 Å². The van der Waals surface area contributed by atoms with Gasteiger partial charge in [-0.3, -0.25) is 5.32 Å². The van der Waals surface area contributed by atoms with Crippen LogP contribution in [0, 0.1) is 6.92 Å². The van der Waals surface area contributed by atoms with Gasteiger partial charge in [0, 0.05) is 17.5 Å². The van der Waals surface area contributed by atoms with Crippen LogP contribution in [0.1, 0.15) is 68.1 Å². The molecule has 1 heterocycles. The maximum absolute atomic E-state index is 14.2. The Balaban J connectivity index is 1.47. The number of alkyl halides is 3. The number of para-hydroxylation sites is 1. The number of carbonyl (C=O) groups is 1. The van der Waals surface area contributed by atoms with Crippen molar-refractivity contribution in [1.29, 1.82) is 0 Å². The Morgan fingerprint density at radius 3 is 2.27 bits per heavy atom. The number of nitrogens with zero attached hydrogens (tertiary/aromatic N) is 3. The number of anilines is 1. The lowest BCUT2D eigenvalue weighted by molar-refractivity contribution is -0.137. The molecule has 1 N–H and O–H groups in total. The van der Waals surface area contributed by atoms with Gasteiger partial charge in [-0.25, -0.2) is 9.48 Å². The summed E-state index contributed by atoms with van der Waals surface area (Å²) in [4.78, 5) is 16.0. The highest BCUT2D eigenvalue weighted by Crippen LogP contribution is 2.33. The van der Waals surface area contributed by atoms with E-state index < -0.39 is 11.7 Å². The molecule has 0 unspecified atom stereocenters. The Kier molecular flexibility index (Phi) is 9.05. The second-order valence-electron chi connectivity index (χ2n) is 12.5. The first-order valence-corrected chi connectivity index (χ1v) is 15.2. The summed E-state index contributed by atoms with van der Waals surface area (Å²) in [5.74, 6) is 0.588. The van der Waals surface area contributed by atoms with E-state index in [0.29, 0.717) is 30.8 Å². The second-order valence-corrected chi connectivity index (χ2v) is 12.5.